The topological polar surface area (TPSA) is 82.1 Å². The predicted molar refractivity (Wildman–Crippen MR) is 96.6 cm³/mol. The number of rotatable bonds is 7. The normalized spacial score (nSPS) is 12.5. The standard InChI is InChI=1S/C17H27N5O3/c1-6-8-12(2)19(3)13(23)9-7-10-22-11-18-15-14(22)16(24)21(5)17(25)20(15)4/h11-12H,6-10H2,1-5H3. The lowest BCUT2D eigenvalue weighted by Gasteiger charge is -2.24. The molecular weight excluding hydrogens is 322 g/mol. The Hall–Kier alpha value is -2.38. The molecule has 8 heteroatoms. The van der Waals surface area contributed by atoms with E-state index in [-0.39, 0.29) is 17.5 Å². The molecule has 8 nitrogen and oxygen atoms in total. The van der Waals surface area contributed by atoms with Gasteiger partial charge in [-0.25, -0.2) is 9.78 Å². The highest BCUT2D eigenvalue weighted by Gasteiger charge is 2.16. The third kappa shape index (κ3) is 3.67. The molecule has 1 unspecified atom stereocenters. The van der Waals surface area contributed by atoms with E-state index in [1.165, 1.54) is 11.6 Å². The zero-order valence-electron chi connectivity index (χ0n) is 15.7. The van der Waals surface area contributed by atoms with Crippen molar-refractivity contribution in [2.45, 2.75) is 52.1 Å². The van der Waals surface area contributed by atoms with Gasteiger partial charge in [0.2, 0.25) is 5.91 Å². The fourth-order valence-electron chi connectivity index (χ4n) is 3.00. The van der Waals surface area contributed by atoms with Crippen molar-refractivity contribution >= 4 is 17.1 Å². The highest BCUT2D eigenvalue weighted by molar-refractivity contribution is 5.76. The molecule has 0 saturated heterocycles. The summed E-state index contributed by atoms with van der Waals surface area (Å²) in [6.07, 6.45) is 4.61. The zero-order chi connectivity index (χ0) is 18.7. The summed E-state index contributed by atoms with van der Waals surface area (Å²) in [5.74, 6) is 0.102. The lowest BCUT2D eigenvalue weighted by atomic mass is 10.1. The van der Waals surface area contributed by atoms with E-state index < -0.39 is 5.69 Å². The van der Waals surface area contributed by atoms with Crippen LogP contribution >= 0.6 is 0 Å². The van der Waals surface area contributed by atoms with Crippen LogP contribution in [0.25, 0.3) is 11.2 Å². The van der Waals surface area contributed by atoms with Crippen LogP contribution in [0.4, 0.5) is 0 Å². The molecule has 0 radical (unpaired) electrons. The number of fused-ring (bicyclic) bond motifs is 1. The molecule has 0 saturated carbocycles. The number of aryl methyl sites for hydroxylation is 2. The molecule has 0 aliphatic heterocycles. The maximum atomic E-state index is 12.4. The van der Waals surface area contributed by atoms with Gasteiger partial charge in [-0.15, -0.1) is 0 Å². The van der Waals surface area contributed by atoms with Crippen LogP contribution < -0.4 is 11.2 Å². The Morgan fingerprint density at radius 1 is 1.28 bits per heavy atom. The lowest BCUT2D eigenvalue weighted by molar-refractivity contribution is -0.131. The number of carbonyl (C=O) groups is 1. The van der Waals surface area contributed by atoms with Crippen molar-refractivity contribution in [2.75, 3.05) is 7.05 Å². The molecule has 0 spiro atoms. The molecule has 1 atom stereocenters. The number of hydrogen-bond donors (Lipinski definition) is 0. The summed E-state index contributed by atoms with van der Waals surface area (Å²) in [6.45, 7) is 4.66. The summed E-state index contributed by atoms with van der Waals surface area (Å²) in [5.41, 5.74) is -0.00190. The van der Waals surface area contributed by atoms with Crippen LogP contribution in [0.1, 0.15) is 39.5 Å². The molecule has 2 rings (SSSR count). The van der Waals surface area contributed by atoms with Gasteiger partial charge in [0.25, 0.3) is 5.56 Å². The first kappa shape index (κ1) is 19.0. The highest BCUT2D eigenvalue weighted by Crippen LogP contribution is 2.10. The molecule has 0 N–H and O–H groups in total. The van der Waals surface area contributed by atoms with Crippen LogP contribution in [0.2, 0.25) is 0 Å². The van der Waals surface area contributed by atoms with Crippen LogP contribution in [0.3, 0.4) is 0 Å². The minimum absolute atomic E-state index is 0.102. The van der Waals surface area contributed by atoms with Gasteiger partial charge < -0.3 is 9.47 Å². The van der Waals surface area contributed by atoms with Crippen molar-refractivity contribution in [3.05, 3.63) is 27.2 Å². The smallest absolute Gasteiger partial charge is 0.332 e. The number of imidazole rings is 1. The number of nitrogens with zero attached hydrogens (tertiary/aromatic N) is 5. The number of carbonyl (C=O) groups excluding carboxylic acids is 1. The zero-order valence-corrected chi connectivity index (χ0v) is 15.7. The summed E-state index contributed by atoms with van der Waals surface area (Å²) in [6, 6.07) is 0.230. The molecule has 2 aromatic rings. The first-order valence-corrected chi connectivity index (χ1v) is 8.66. The van der Waals surface area contributed by atoms with Gasteiger partial charge in [0, 0.05) is 40.2 Å². The van der Waals surface area contributed by atoms with Gasteiger partial charge >= 0.3 is 5.69 Å². The maximum Gasteiger partial charge on any atom is 0.332 e. The van der Waals surface area contributed by atoms with E-state index in [1.54, 1.807) is 22.8 Å². The van der Waals surface area contributed by atoms with Gasteiger partial charge in [-0.2, -0.15) is 0 Å². The monoisotopic (exact) mass is 349 g/mol. The predicted octanol–water partition coefficient (Wildman–Crippen LogP) is 0.861. The van der Waals surface area contributed by atoms with Crippen molar-refractivity contribution < 1.29 is 4.79 Å². The molecule has 25 heavy (non-hydrogen) atoms. The number of amides is 1. The van der Waals surface area contributed by atoms with Crippen molar-refractivity contribution in [3.63, 3.8) is 0 Å². The van der Waals surface area contributed by atoms with Crippen LogP contribution in [0.5, 0.6) is 0 Å². The van der Waals surface area contributed by atoms with E-state index >= 15 is 0 Å². The molecule has 0 aliphatic carbocycles. The molecule has 2 heterocycles. The fourth-order valence-corrected chi connectivity index (χ4v) is 3.00. The summed E-state index contributed by atoms with van der Waals surface area (Å²) < 4.78 is 4.16. The molecule has 0 aliphatic rings. The second kappa shape index (κ2) is 7.67. The van der Waals surface area contributed by atoms with Gasteiger partial charge in [-0.3, -0.25) is 18.7 Å². The quantitative estimate of drug-likeness (QED) is 0.742. The molecule has 138 valence electrons. The van der Waals surface area contributed by atoms with Gasteiger partial charge in [-0.05, 0) is 19.8 Å². The molecule has 1 amide bonds. The molecular formula is C17H27N5O3. The Morgan fingerprint density at radius 2 is 1.96 bits per heavy atom. The number of hydrogen-bond acceptors (Lipinski definition) is 4. The summed E-state index contributed by atoms with van der Waals surface area (Å²) in [5, 5.41) is 0. The van der Waals surface area contributed by atoms with Crippen molar-refractivity contribution in [1.82, 2.24) is 23.6 Å². The minimum Gasteiger partial charge on any atom is -0.343 e. The highest BCUT2D eigenvalue weighted by atomic mass is 16.2. The Labute approximate surface area is 146 Å². The molecule has 0 fully saturated rings. The summed E-state index contributed by atoms with van der Waals surface area (Å²) >= 11 is 0. The van der Waals surface area contributed by atoms with Gasteiger partial charge in [0.15, 0.2) is 11.2 Å². The van der Waals surface area contributed by atoms with Crippen LogP contribution in [-0.2, 0) is 25.4 Å². The summed E-state index contributed by atoms with van der Waals surface area (Å²) in [4.78, 5) is 42.5. The first-order chi connectivity index (χ1) is 11.8. The molecule has 0 aromatic carbocycles. The van der Waals surface area contributed by atoms with Crippen LogP contribution in [-0.4, -0.2) is 42.6 Å². The second-order valence-corrected chi connectivity index (χ2v) is 6.56. The number of aromatic nitrogens is 4. The van der Waals surface area contributed by atoms with Gasteiger partial charge in [0.1, 0.15) is 0 Å². The van der Waals surface area contributed by atoms with Crippen molar-refractivity contribution in [3.8, 4) is 0 Å². The van der Waals surface area contributed by atoms with Crippen molar-refractivity contribution in [1.29, 1.82) is 0 Å². The first-order valence-electron chi connectivity index (χ1n) is 8.66. The Morgan fingerprint density at radius 3 is 2.60 bits per heavy atom. The largest absolute Gasteiger partial charge is 0.343 e. The average molecular weight is 349 g/mol. The maximum absolute atomic E-state index is 12.4. The molecule has 2 aromatic heterocycles. The van der Waals surface area contributed by atoms with E-state index in [2.05, 4.69) is 18.8 Å². The third-order valence-electron chi connectivity index (χ3n) is 4.77. The van der Waals surface area contributed by atoms with Crippen LogP contribution in [0, 0.1) is 0 Å². The van der Waals surface area contributed by atoms with E-state index in [1.807, 2.05) is 7.05 Å². The van der Waals surface area contributed by atoms with Crippen LogP contribution in [0.15, 0.2) is 15.9 Å². The van der Waals surface area contributed by atoms with E-state index in [9.17, 15) is 14.4 Å². The third-order valence-corrected chi connectivity index (χ3v) is 4.77. The lowest BCUT2D eigenvalue weighted by Crippen LogP contribution is -2.37. The van der Waals surface area contributed by atoms with E-state index in [0.717, 1.165) is 17.4 Å². The molecule has 0 bridgehead atoms. The Bertz CT molecular complexity index is 877. The average Bonchev–Trinajstić information content (AvgIpc) is 3.01. The second-order valence-electron chi connectivity index (χ2n) is 6.56. The van der Waals surface area contributed by atoms with E-state index in [0.29, 0.717) is 30.6 Å². The van der Waals surface area contributed by atoms with Gasteiger partial charge in [0.05, 0.1) is 6.33 Å². The fraction of sp³-hybridized carbons (Fsp3) is 0.647. The minimum atomic E-state index is -0.399. The SMILES string of the molecule is CCCC(C)N(C)C(=O)CCCn1cnc2c1c(=O)n(C)c(=O)n2C. The Balaban J connectivity index is 2.11. The van der Waals surface area contributed by atoms with Crippen molar-refractivity contribution in [2.24, 2.45) is 14.1 Å². The van der Waals surface area contributed by atoms with Gasteiger partial charge in [-0.1, -0.05) is 13.3 Å². The Kier molecular flexibility index (Phi) is 5.81. The summed E-state index contributed by atoms with van der Waals surface area (Å²) in [7, 11) is 4.88. The van der Waals surface area contributed by atoms with E-state index in [4.69, 9.17) is 0 Å².